The quantitative estimate of drug-likeness (QED) is 0.469. The minimum atomic E-state index is -1.39. The van der Waals surface area contributed by atoms with E-state index in [9.17, 15) is 0 Å². The Morgan fingerprint density at radius 1 is 0.833 bits per heavy atom. The molecule has 126 valence electrons. The molecular weight excluding hydrogens is 320 g/mol. The number of benzene rings is 1. The van der Waals surface area contributed by atoms with E-state index in [2.05, 4.69) is 89.5 Å². The number of fused-ring (bicyclic) bond motifs is 5. The van der Waals surface area contributed by atoms with Crippen molar-refractivity contribution in [3.8, 4) is 0 Å². The zero-order valence-electron chi connectivity index (χ0n) is 16.2. The van der Waals surface area contributed by atoms with Gasteiger partial charge < -0.3 is 0 Å². The summed E-state index contributed by atoms with van der Waals surface area (Å²) in [5, 5.41) is 0. The largest absolute Gasteiger partial charge is 0.0762 e. The van der Waals surface area contributed by atoms with Crippen molar-refractivity contribution in [2.45, 2.75) is 58.0 Å². The van der Waals surface area contributed by atoms with Gasteiger partial charge in [-0.15, -0.1) is 0 Å². The average molecular weight is 351 g/mol. The van der Waals surface area contributed by atoms with E-state index in [1.165, 1.54) is 5.56 Å². The van der Waals surface area contributed by atoms with Crippen LogP contribution in [-0.2, 0) is 0 Å². The van der Waals surface area contributed by atoms with Crippen LogP contribution in [0.1, 0.15) is 37.4 Å². The van der Waals surface area contributed by atoms with Crippen LogP contribution in [0.15, 0.2) is 53.1 Å². The van der Waals surface area contributed by atoms with Crippen molar-refractivity contribution in [3.05, 3.63) is 64.3 Å². The Hall–Kier alpha value is -1.13. The van der Waals surface area contributed by atoms with Crippen LogP contribution in [0.4, 0.5) is 0 Å². The molecule has 2 heteroatoms. The second-order valence-corrected chi connectivity index (χ2v) is 25.9. The van der Waals surface area contributed by atoms with Crippen molar-refractivity contribution in [1.82, 2.24) is 0 Å². The maximum Gasteiger partial charge on any atom is 0.0556 e. The van der Waals surface area contributed by atoms with E-state index in [1.54, 1.807) is 22.3 Å². The first kappa shape index (κ1) is 16.3. The molecule has 0 aromatic heterocycles. The zero-order valence-corrected chi connectivity index (χ0v) is 18.2. The first-order valence-corrected chi connectivity index (χ1v) is 16.5. The molecular formula is C22H30Si2. The molecule has 0 amide bonds. The SMILES string of the molecule is CC(C)(C)C1=CC2C(=C1)C1=Cc3ccccc3C1[Si](C)(C)[Si]2(C)C. The van der Waals surface area contributed by atoms with Gasteiger partial charge in [0.05, 0.1) is 15.2 Å². The Labute approximate surface area is 149 Å². The van der Waals surface area contributed by atoms with Crippen molar-refractivity contribution in [3.63, 3.8) is 0 Å². The number of hydrogen-bond acceptors (Lipinski definition) is 0. The molecule has 0 saturated carbocycles. The summed E-state index contributed by atoms with van der Waals surface area (Å²) in [5.41, 5.74) is 9.69. The highest BCUT2D eigenvalue weighted by Crippen LogP contribution is 2.61. The lowest BCUT2D eigenvalue weighted by molar-refractivity contribution is 0.517. The molecule has 4 rings (SSSR count). The van der Waals surface area contributed by atoms with Gasteiger partial charge in [-0.25, -0.2) is 0 Å². The predicted octanol–water partition coefficient (Wildman–Crippen LogP) is 6.50. The van der Waals surface area contributed by atoms with E-state index in [0.717, 1.165) is 5.54 Å². The van der Waals surface area contributed by atoms with E-state index >= 15 is 0 Å². The summed E-state index contributed by atoms with van der Waals surface area (Å²) in [6.07, 6.45) is 7.75. The number of hydrogen-bond donors (Lipinski definition) is 0. The number of allylic oxidation sites excluding steroid dienone is 5. The molecule has 1 saturated heterocycles. The third kappa shape index (κ3) is 1.96. The standard InChI is InChI=1S/C22H30Si2/c1-22(2,3)16-13-18-19-12-15-10-8-9-11-17(15)21(19)24(6,7)23(4,5)20(18)14-16/h8-14,20-21H,1-7H3. The maximum absolute atomic E-state index is 2.68. The van der Waals surface area contributed by atoms with E-state index in [0.29, 0.717) is 5.54 Å². The van der Waals surface area contributed by atoms with Crippen LogP contribution in [0.3, 0.4) is 0 Å². The Morgan fingerprint density at radius 2 is 1.50 bits per heavy atom. The van der Waals surface area contributed by atoms with Crippen LogP contribution in [0.2, 0.25) is 31.7 Å². The van der Waals surface area contributed by atoms with Crippen molar-refractivity contribution < 1.29 is 0 Å². The van der Waals surface area contributed by atoms with Crippen molar-refractivity contribution in [1.29, 1.82) is 0 Å². The number of rotatable bonds is 0. The van der Waals surface area contributed by atoms with Crippen molar-refractivity contribution >= 4 is 21.3 Å². The molecule has 1 aliphatic heterocycles. The molecule has 2 aliphatic carbocycles. The molecule has 1 fully saturated rings. The molecule has 0 bridgehead atoms. The van der Waals surface area contributed by atoms with Crippen LogP contribution in [0.25, 0.3) is 6.08 Å². The summed E-state index contributed by atoms with van der Waals surface area (Å²) in [4.78, 5) is 0. The third-order valence-corrected chi connectivity index (χ3v) is 26.5. The highest BCUT2D eigenvalue weighted by atomic mass is 29.3. The molecule has 0 radical (unpaired) electrons. The van der Waals surface area contributed by atoms with Gasteiger partial charge in [-0.2, -0.15) is 0 Å². The summed E-state index contributed by atoms with van der Waals surface area (Å²) in [6, 6.07) is 9.16. The van der Waals surface area contributed by atoms with Gasteiger partial charge in [0.1, 0.15) is 0 Å². The molecule has 1 heterocycles. The summed E-state index contributed by atoms with van der Waals surface area (Å²) in [7, 11) is -2.76. The third-order valence-electron chi connectivity index (χ3n) is 7.28. The lowest BCUT2D eigenvalue weighted by atomic mass is 9.87. The van der Waals surface area contributed by atoms with Crippen LogP contribution in [0, 0.1) is 5.41 Å². The van der Waals surface area contributed by atoms with Gasteiger partial charge in [-0.1, -0.05) is 89.5 Å². The fourth-order valence-electron chi connectivity index (χ4n) is 5.03. The van der Waals surface area contributed by atoms with Gasteiger partial charge in [-0.3, -0.25) is 0 Å². The van der Waals surface area contributed by atoms with Crippen LogP contribution in [-0.4, -0.2) is 15.2 Å². The van der Waals surface area contributed by atoms with Gasteiger partial charge in [0.25, 0.3) is 0 Å². The molecule has 3 aliphatic rings. The molecule has 24 heavy (non-hydrogen) atoms. The van der Waals surface area contributed by atoms with E-state index < -0.39 is 15.2 Å². The molecule has 0 nitrogen and oxygen atoms in total. The summed E-state index contributed by atoms with van der Waals surface area (Å²) in [6.45, 7) is 17.8. The second kappa shape index (κ2) is 4.73. The fourth-order valence-corrected chi connectivity index (χ4v) is 16.5. The maximum atomic E-state index is 2.68. The Balaban J connectivity index is 1.95. The first-order chi connectivity index (χ1) is 11.0. The van der Waals surface area contributed by atoms with Crippen LogP contribution in [0.5, 0.6) is 0 Å². The normalized spacial score (nSPS) is 29.2. The van der Waals surface area contributed by atoms with Crippen LogP contribution < -0.4 is 0 Å². The van der Waals surface area contributed by atoms with Gasteiger partial charge in [0.2, 0.25) is 0 Å². The van der Waals surface area contributed by atoms with Crippen molar-refractivity contribution in [2.75, 3.05) is 0 Å². The molecule has 0 N–H and O–H groups in total. The Bertz CT molecular complexity index is 813. The highest BCUT2D eigenvalue weighted by Gasteiger charge is 2.59. The van der Waals surface area contributed by atoms with E-state index in [-0.39, 0.29) is 5.41 Å². The van der Waals surface area contributed by atoms with Gasteiger partial charge in [0, 0.05) is 5.54 Å². The van der Waals surface area contributed by atoms with E-state index in [4.69, 9.17) is 0 Å². The smallest absolute Gasteiger partial charge is 0.0556 e. The predicted molar refractivity (Wildman–Crippen MR) is 111 cm³/mol. The zero-order chi connectivity index (χ0) is 17.5. The Morgan fingerprint density at radius 3 is 2.17 bits per heavy atom. The van der Waals surface area contributed by atoms with Gasteiger partial charge >= 0.3 is 0 Å². The molecule has 2 atom stereocenters. The monoisotopic (exact) mass is 350 g/mol. The summed E-state index contributed by atoms with van der Waals surface area (Å²) in [5.74, 6) is 0. The lowest BCUT2D eigenvalue weighted by Gasteiger charge is -2.53. The van der Waals surface area contributed by atoms with Crippen molar-refractivity contribution in [2.24, 2.45) is 5.41 Å². The first-order valence-electron chi connectivity index (χ1n) is 9.30. The molecule has 1 aromatic carbocycles. The lowest BCUT2D eigenvalue weighted by Crippen LogP contribution is -2.64. The van der Waals surface area contributed by atoms with Crippen LogP contribution >= 0.6 is 0 Å². The second-order valence-electron chi connectivity index (χ2n) is 10.1. The fraction of sp³-hybridized carbons (Fsp3) is 0.455. The summed E-state index contributed by atoms with van der Waals surface area (Å²) >= 11 is 0. The van der Waals surface area contributed by atoms with E-state index in [1.807, 2.05) is 0 Å². The highest BCUT2D eigenvalue weighted by molar-refractivity contribution is 7.42. The molecule has 2 unspecified atom stereocenters. The summed E-state index contributed by atoms with van der Waals surface area (Å²) < 4.78 is 0. The average Bonchev–Trinajstić information content (AvgIpc) is 3.07. The van der Waals surface area contributed by atoms with Gasteiger partial charge in [-0.05, 0) is 38.8 Å². The minimum absolute atomic E-state index is 0.252. The minimum Gasteiger partial charge on any atom is -0.0762 e. The van der Waals surface area contributed by atoms with Gasteiger partial charge in [0.15, 0.2) is 0 Å². The molecule has 0 spiro atoms. The molecule has 1 aromatic rings. The topological polar surface area (TPSA) is 0 Å². The Kier molecular flexibility index (Phi) is 3.22.